The van der Waals surface area contributed by atoms with E-state index in [0.717, 1.165) is 0 Å². The quantitative estimate of drug-likeness (QED) is 0.650. The van der Waals surface area contributed by atoms with E-state index in [-0.39, 0.29) is 5.91 Å². The van der Waals surface area contributed by atoms with E-state index in [1.807, 2.05) is 0 Å². The molecule has 0 radical (unpaired) electrons. The molecule has 1 heterocycles. The van der Waals surface area contributed by atoms with Gasteiger partial charge in [-0.25, -0.2) is 5.43 Å². The fourth-order valence-electron chi connectivity index (χ4n) is 1.88. The first-order chi connectivity index (χ1) is 11.2. The molecule has 1 amide bonds. The second-order valence-electron chi connectivity index (χ2n) is 4.39. The van der Waals surface area contributed by atoms with Gasteiger partial charge in [-0.05, 0) is 12.1 Å². The second kappa shape index (κ2) is 7.79. The van der Waals surface area contributed by atoms with E-state index in [1.165, 1.54) is 26.6 Å². The van der Waals surface area contributed by atoms with Crippen LogP contribution >= 0.6 is 0 Å². The number of ether oxygens (including phenoxy) is 3. The summed E-state index contributed by atoms with van der Waals surface area (Å²) >= 11 is 0. The van der Waals surface area contributed by atoms with Crippen molar-refractivity contribution in [3.63, 3.8) is 0 Å². The first-order valence-corrected chi connectivity index (χ1v) is 6.73. The van der Waals surface area contributed by atoms with Crippen LogP contribution in [-0.2, 0) is 0 Å². The third kappa shape index (κ3) is 3.97. The van der Waals surface area contributed by atoms with Gasteiger partial charge in [-0.15, -0.1) is 0 Å². The monoisotopic (exact) mass is 315 g/mol. The van der Waals surface area contributed by atoms with Gasteiger partial charge in [0.25, 0.3) is 5.91 Å². The largest absolute Gasteiger partial charge is 0.496 e. The Morgan fingerprint density at radius 3 is 2.39 bits per heavy atom. The Morgan fingerprint density at radius 1 is 1.17 bits per heavy atom. The van der Waals surface area contributed by atoms with Gasteiger partial charge in [0.1, 0.15) is 17.2 Å². The average Bonchev–Trinajstić information content (AvgIpc) is 2.62. The molecule has 0 aliphatic heterocycles. The lowest BCUT2D eigenvalue weighted by Gasteiger charge is -2.12. The molecule has 0 aliphatic carbocycles. The van der Waals surface area contributed by atoms with Crippen molar-refractivity contribution in [2.45, 2.75) is 0 Å². The lowest BCUT2D eigenvalue weighted by Crippen LogP contribution is -2.17. The van der Waals surface area contributed by atoms with Crippen molar-refractivity contribution in [3.05, 3.63) is 47.8 Å². The fourth-order valence-corrected chi connectivity index (χ4v) is 1.88. The minimum absolute atomic E-state index is 0.360. The Hall–Kier alpha value is -3.09. The zero-order valence-electron chi connectivity index (χ0n) is 13.1. The molecule has 2 aromatic rings. The Balaban J connectivity index is 2.20. The maximum atomic E-state index is 11.9. The van der Waals surface area contributed by atoms with Crippen molar-refractivity contribution in [2.24, 2.45) is 5.10 Å². The number of hydrogen-bond acceptors (Lipinski definition) is 6. The van der Waals surface area contributed by atoms with Gasteiger partial charge in [-0.2, -0.15) is 5.10 Å². The molecular formula is C16H17N3O4. The smallest absolute Gasteiger partial charge is 0.272 e. The summed E-state index contributed by atoms with van der Waals surface area (Å²) in [5, 5.41) is 3.94. The SMILES string of the molecule is COc1cc(OC)c(/C=N\NC(=O)c2cccnc2)c(OC)c1. The molecule has 0 saturated carbocycles. The van der Waals surface area contributed by atoms with Gasteiger partial charge in [-0.1, -0.05) is 0 Å². The molecule has 23 heavy (non-hydrogen) atoms. The standard InChI is InChI=1S/C16H17N3O4/c1-21-12-7-14(22-2)13(15(8-12)23-3)10-18-19-16(20)11-5-4-6-17-9-11/h4-10H,1-3H3,(H,19,20)/b18-10-. The first kappa shape index (κ1) is 16.3. The number of carbonyl (C=O) groups excluding carboxylic acids is 1. The Kier molecular flexibility index (Phi) is 5.51. The van der Waals surface area contributed by atoms with Crippen molar-refractivity contribution >= 4 is 12.1 Å². The van der Waals surface area contributed by atoms with Crippen LogP contribution in [0.3, 0.4) is 0 Å². The van der Waals surface area contributed by atoms with Gasteiger partial charge in [0, 0.05) is 24.5 Å². The van der Waals surface area contributed by atoms with Gasteiger partial charge >= 0.3 is 0 Å². The molecule has 0 fully saturated rings. The molecule has 0 atom stereocenters. The highest BCUT2D eigenvalue weighted by molar-refractivity contribution is 5.95. The Morgan fingerprint density at radius 2 is 1.87 bits per heavy atom. The Bertz CT molecular complexity index is 677. The molecule has 0 aliphatic rings. The third-order valence-corrected chi connectivity index (χ3v) is 3.04. The number of carbonyl (C=O) groups is 1. The van der Waals surface area contributed by atoms with Crippen LogP contribution in [0.2, 0.25) is 0 Å². The average molecular weight is 315 g/mol. The van der Waals surface area contributed by atoms with Crippen LogP contribution in [0.4, 0.5) is 0 Å². The number of methoxy groups -OCH3 is 3. The molecule has 2 rings (SSSR count). The number of nitrogens with one attached hydrogen (secondary N) is 1. The molecule has 7 nitrogen and oxygen atoms in total. The van der Waals surface area contributed by atoms with Gasteiger partial charge in [0.15, 0.2) is 0 Å². The Labute approximate surface area is 133 Å². The summed E-state index contributed by atoms with van der Waals surface area (Å²) in [5.41, 5.74) is 3.43. The maximum absolute atomic E-state index is 11.9. The van der Waals surface area contributed by atoms with E-state index in [9.17, 15) is 4.79 Å². The molecule has 1 aromatic carbocycles. The molecule has 0 bridgehead atoms. The minimum atomic E-state index is -0.360. The van der Waals surface area contributed by atoms with Gasteiger partial charge in [0.2, 0.25) is 0 Å². The molecule has 1 aromatic heterocycles. The van der Waals surface area contributed by atoms with Crippen LogP contribution < -0.4 is 19.6 Å². The topological polar surface area (TPSA) is 82.0 Å². The van der Waals surface area contributed by atoms with E-state index < -0.39 is 0 Å². The molecule has 120 valence electrons. The normalized spacial score (nSPS) is 10.4. The lowest BCUT2D eigenvalue weighted by molar-refractivity contribution is 0.0954. The number of pyridine rings is 1. The molecular weight excluding hydrogens is 298 g/mol. The zero-order valence-corrected chi connectivity index (χ0v) is 13.1. The summed E-state index contributed by atoms with van der Waals surface area (Å²) in [7, 11) is 4.61. The van der Waals surface area contributed by atoms with Crippen LogP contribution in [0.1, 0.15) is 15.9 Å². The summed E-state index contributed by atoms with van der Waals surface area (Å²) in [6, 6.07) is 6.72. The van der Waals surface area contributed by atoms with Crippen LogP contribution in [0.25, 0.3) is 0 Å². The van der Waals surface area contributed by atoms with Crippen LogP contribution in [-0.4, -0.2) is 38.4 Å². The van der Waals surface area contributed by atoms with E-state index in [4.69, 9.17) is 14.2 Å². The second-order valence-corrected chi connectivity index (χ2v) is 4.39. The lowest BCUT2D eigenvalue weighted by atomic mass is 10.2. The van der Waals surface area contributed by atoms with Crippen LogP contribution in [0, 0.1) is 0 Å². The number of aromatic nitrogens is 1. The highest BCUT2D eigenvalue weighted by Gasteiger charge is 2.11. The summed E-state index contributed by atoms with van der Waals surface area (Å²) < 4.78 is 15.8. The van der Waals surface area contributed by atoms with Crippen molar-refractivity contribution in [1.82, 2.24) is 10.4 Å². The van der Waals surface area contributed by atoms with E-state index in [2.05, 4.69) is 15.5 Å². The number of benzene rings is 1. The highest BCUT2D eigenvalue weighted by Crippen LogP contribution is 2.32. The maximum Gasteiger partial charge on any atom is 0.272 e. The molecule has 1 N–H and O–H groups in total. The predicted molar refractivity (Wildman–Crippen MR) is 85.4 cm³/mol. The molecule has 0 spiro atoms. The summed E-state index contributed by atoms with van der Waals surface area (Å²) in [4.78, 5) is 15.8. The summed E-state index contributed by atoms with van der Waals surface area (Å²) in [6.07, 6.45) is 4.50. The molecule has 0 saturated heterocycles. The minimum Gasteiger partial charge on any atom is -0.496 e. The van der Waals surface area contributed by atoms with Gasteiger partial charge in [0.05, 0.1) is 38.7 Å². The van der Waals surface area contributed by atoms with E-state index >= 15 is 0 Å². The van der Waals surface area contributed by atoms with Crippen molar-refractivity contribution in [1.29, 1.82) is 0 Å². The number of hydrazone groups is 1. The van der Waals surface area contributed by atoms with Crippen LogP contribution in [0.15, 0.2) is 41.8 Å². The van der Waals surface area contributed by atoms with Crippen molar-refractivity contribution < 1.29 is 19.0 Å². The van der Waals surface area contributed by atoms with Gasteiger partial charge in [-0.3, -0.25) is 9.78 Å². The first-order valence-electron chi connectivity index (χ1n) is 6.73. The zero-order chi connectivity index (χ0) is 16.7. The summed E-state index contributed by atoms with van der Waals surface area (Å²) in [6.45, 7) is 0. The van der Waals surface area contributed by atoms with E-state index in [0.29, 0.717) is 28.4 Å². The number of rotatable bonds is 6. The van der Waals surface area contributed by atoms with E-state index in [1.54, 1.807) is 37.6 Å². The number of amides is 1. The number of nitrogens with zero attached hydrogens (tertiary/aromatic N) is 2. The molecule has 7 heteroatoms. The number of hydrogen-bond donors (Lipinski definition) is 1. The van der Waals surface area contributed by atoms with Crippen molar-refractivity contribution in [3.8, 4) is 17.2 Å². The predicted octanol–water partition coefficient (Wildman–Crippen LogP) is 1.87. The van der Waals surface area contributed by atoms with Crippen molar-refractivity contribution in [2.75, 3.05) is 21.3 Å². The molecule has 0 unspecified atom stereocenters. The highest BCUT2D eigenvalue weighted by atomic mass is 16.5. The fraction of sp³-hybridized carbons (Fsp3) is 0.188. The van der Waals surface area contributed by atoms with Crippen LogP contribution in [0.5, 0.6) is 17.2 Å². The summed E-state index contributed by atoms with van der Waals surface area (Å²) in [5.74, 6) is 1.26. The van der Waals surface area contributed by atoms with Gasteiger partial charge < -0.3 is 14.2 Å². The third-order valence-electron chi connectivity index (χ3n) is 3.04.